The molecule has 2 heteroatoms. The number of carbonyl (C=O) groups excluding carboxylic acids is 1. The second kappa shape index (κ2) is 3.44. The lowest BCUT2D eigenvalue weighted by Crippen LogP contribution is -2.13. The van der Waals surface area contributed by atoms with Gasteiger partial charge in [-0.05, 0) is 30.0 Å². The molecule has 66 valence electrons. The minimum atomic E-state index is 0.736. The maximum Gasteiger partial charge on any atom is 0.211 e. The Kier molecular flexibility index (Phi) is 2.13. The van der Waals surface area contributed by atoms with Crippen LogP contribution in [0.2, 0.25) is 0 Å². The summed E-state index contributed by atoms with van der Waals surface area (Å²) in [5.74, 6) is 0. The van der Waals surface area contributed by atoms with Crippen LogP contribution in [0, 0.1) is 0 Å². The van der Waals surface area contributed by atoms with Crippen molar-refractivity contribution in [2.24, 2.45) is 0 Å². The van der Waals surface area contributed by atoms with Gasteiger partial charge >= 0.3 is 0 Å². The summed E-state index contributed by atoms with van der Waals surface area (Å²) in [4.78, 5) is 10.2. The molecule has 0 bridgehead atoms. The number of fused-ring (bicyclic) bond motifs is 1. The molecule has 1 N–H and O–H groups in total. The number of hydrogen-bond donors (Lipinski definition) is 1. The van der Waals surface area contributed by atoms with E-state index in [1.165, 1.54) is 11.1 Å². The van der Waals surface area contributed by atoms with Gasteiger partial charge in [0.1, 0.15) is 0 Å². The van der Waals surface area contributed by atoms with Crippen LogP contribution in [-0.4, -0.2) is 6.41 Å². The van der Waals surface area contributed by atoms with Gasteiger partial charge in [-0.3, -0.25) is 4.79 Å². The highest BCUT2D eigenvalue weighted by atomic mass is 16.1. The van der Waals surface area contributed by atoms with Crippen molar-refractivity contribution in [1.82, 2.24) is 5.32 Å². The third-order valence-corrected chi connectivity index (χ3v) is 2.29. The average molecular weight is 173 g/mol. The van der Waals surface area contributed by atoms with Crippen molar-refractivity contribution in [3.8, 4) is 0 Å². The minimum Gasteiger partial charge on any atom is -0.332 e. The number of allylic oxidation sites excluding steroid dienone is 1. The Hall–Kier alpha value is -1.57. The number of nitrogens with one attached hydrogen (secondary N) is 1. The van der Waals surface area contributed by atoms with E-state index in [2.05, 4.69) is 17.4 Å². The van der Waals surface area contributed by atoms with Crippen LogP contribution in [0.1, 0.15) is 17.5 Å². The first-order chi connectivity index (χ1) is 6.40. The maximum absolute atomic E-state index is 10.2. The molecule has 1 aromatic rings. The van der Waals surface area contributed by atoms with Gasteiger partial charge in [0, 0.05) is 5.70 Å². The number of amides is 1. The van der Waals surface area contributed by atoms with Gasteiger partial charge in [-0.2, -0.15) is 0 Å². The summed E-state index contributed by atoms with van der Waals surface area (Å²) in [6.07, 6.45) is 4.71. The smallest absolute Gasteiger partial charge is 0.211 e. The highest BCUT2D eigenvalue weighted by Crippen LogP contribution is 2.21. The molecule has 0 atom stereocenters. The number of aryl methyl sites for hydroxylation is 1. The van der Waals surface area contributed by atoms with Crippen LogP contribution in [0.25, 0.3) is 6.08 Å². The Labute approximate surface area is 77.3 Å². The fourth-order valence-corrected chi connectivity index (χ4v) is 1.62. The zero-order chi connectivity index (χ0) is 9.10. The van der Waals surface area contributed by atoms with Gasteiger partial charge in [0.2, 0.25) is 6.41 Å². The first-order valence-electron chi connectivity index (χ1n) is 4.39. The van der Waals surface area contributed by atoms with Gasteiger partial charge in [-0.15, -0.1) is 0 Å². The molecule has 0 spiro atoms. The van der Waals surface area contributed by atoms with Crippen molar-refractivity contribution in [3.05, 3.63) is 41.1 Å². The molecule has 1 aromatic carbocycles. The van der Waals surface area contributed by atoms with Gasteiger partial charge in [0.15, 0.2) is 0 Å². The second-order valence-electron chi connectivity index (χ2n) is 3.13. The zero-order valence-corrected chi connectivity index (χ0v) is 7.29. The third kappa shape index (κ3) is 1.61. The first-order valence-corrected chi connectivity index (χ1v) is 4.39. The molecule has 0 aromatic heterocycles. The molecule has 13 heavy (non-hydrogen) atoms. The molecule has 0 fully saturated rings. The average Bonchev–Trinajstić information content (AvgIpc) is 2.18. The Morgan fingerprint density at radius 1 is 1.23 bits per heavy atom. The van der Waals surface area contributed by atoms with Crippen molar-refractivity contribution in [2.45, 2.75) is 12.8 Å². The summed E-state index contributed by atoms with van der Waals surface area (Å²) in [7, 11) is 0. The standard InChI is InChI=1S/C11H11NO/c13-8-12-11-6-5-9-3-1-2-4-10(9)7-11/h1-4,7-8H,5-6H2,(H,12,13). The molecule has 0 aliphatic heterocycles. The molecule has 1 amide bonds. The summed E-state index contributed by atoms with van der Waals surface area (Å²) in [5, 5.41) is 2.71. The van der Waals surface area contributed by atoms with Gasteiger partial charge in [0.05, 0.1) is 0 Å². The van der Waals surface area contributed by atoms with E-state index in [0.717, 1.165) is 24.9 Å². The van der Waals surface area contributed by atoms with E-state index in [4.69, 9.17) is 0 Å². The molecule has 0 heterocycles. The van der Waals surface area contributed by atoms with Crippen molar-refractivity contribution in [3.63, 3.8) is 0 Å². The minimum absolute atomic E-state index is 0.736. The summed E-state index contributed by atoms with van der Waals surface area (Å²) < 4.78 is 0. The van der Waals surface area contributed by atoms with E-state index >= 15 is 0 Å². The quantitative estimate of drug-likeness (QED) is 0.678. The summed E-state index contributed by atoms with van der Waals surface area (Å²) in [6.45, 7) is 0. The number of benzene rings is 1. The SMILES string of the molecule is O=CNC1=Cc2ccccc2CC1. The summed E-state index contributed by atoms with van der Waals surface area (Å²) >= 11 is 0. The molecule has 0 saturated heterocycles. The van der Waals surface area contributed by atoms with E-state index in [-0.39, 0.29) is 0 Å². The molecular formula is C11H11NO. The summed E-state index contributed by atoms with van der Waals surface area (Å²) in [6, 6.07) is 8.26. The Balaban J connectivity index is 2.32. The van der Waals surface area contributed by atoms with Crippen molar-refractivity contribution in [1.29, 1.82) is 0 Å². The normalized spacial score (nSPS) is 14.3. The van der Waals surface area contributed by atoms with Gasteiger partial charge in [0.25, 0.3) is 0 Å². The highest BCUT2D eigenvalue weighted by Gasteiger charge is 2.08. The molecule has 0 radical (unpaired) electrons. The van der Waals surface area contributed by atoms with E-state index in [0.29, 0.717) is 0 Å². The number of rotatable bonds is 2. The number of hydrogen-bond acceptors (Lipinski definition) is 1. The fraction of sp³-hybridized carbons (Fsp3) is 0.182. The van der Waals surface area contributed by atoms with Crippen molar-refractivity contribution in [2.75, 3.05) is 0 Å². The predicted octanol–water partition coefficient (Wildman–Crippen LogP) is 1.72. The van der Waals surface area contributed by atoms with Gasteiger partial charge in [-0.1, -0.05) is 24.3 Å². The Bertz CT molecular complexity index is 355. The van der Waals surface area contributed by atoms with E-state index < -0.39 is 0 Å². The van der Waals surface area contributed by atoms with Crippen LogP contribution >= 0.6 is 0 Å². The molecule has 2 rings (SSSR count). The lowest BCUT2D eigenvalue weighted by molar-refractivity contribution is -0.108. The van der Waals surface area contributed by atoms with Crippen molar-refractivity contribution < 1.29 is 4.79 Å². The molecule has 1 aliphatic carbocycles. The largest absolute Gasteiger partial charge is 0.332 e. The Morgan fingerprint density at radius 2 is 2.08 bits per heavy atom. The van der Waals surface area contributed by atoms with Crippen LogP contribution in [0.3, 0.4) is 0 Å². The Morgan fingerprint density at radius 3 is 2.92 bits per heavy atom. The molecule has 1 aliphatic rings. The zero-order valence-electron chi connectivity index (χ0n) is 7.29. The molecule has 0 unspecified atom stereocenters. The van der Waals surface area contributed by atoms with Crippen LogP contribution in [0.15, 0.2) is 30.0 Å². The van der Waals surface area contributed by atoms with Crippen molar-refractivity contribution >= 4 is 12.5 Å². The lowest BCUT2D eigenvalue weighted by Gasteiger charge is -2.14. The van der Waals surface area contributed by atoms with E-state index in [9.17, 15) is 4.79 Å². The second-order valence-corrected chi connectivity index (χ2v) is 3.13. The third-order valence-electron chi connectivity index (χ3n) is 2.29. The maximum atomic E-state index is 10.2. The van der Waals surface area contributed by atoms with Crippen LogP contribution < -0.4 is 5.32 Å². The van der Waals surface area contributed by atoms with Crippen LogP contribution in [0.4, 0.5) is 0 Å². The topological polar surface area (TPSA) is 29.1 Å². The fourth-order valence-electron chi connectivity index (χ4n) is 1.62. The number of carbonyl (C=O) groups is 1. The van der Waals surface area contributed by atoms with Crippen LogP contribution in [0.5, 0.6) is 0 Å². The van der Waals surface area contributed by atoms with Gasteiger partial charge in [-0.25, -0.2) is 0 Å². The van der Waals surface area contributed by atoms with Crippen LogP contribution in [-0.2, 0) is 11.2 Å². The van der Waals surface area contributed by atoms with E-state index in [1.54, 1.807) is 0 Å². The van der Waals surface area contributed by atoms with E-state index in [1.807, 2.05) is 18.2 Å². The molecule has 2 nitrogen and oxygen atoms in total. The molecular weight excluding hydrogens is 162 g/mol. The monoisotopic (exact) mass is 173 g/mol. The first kappa shape index (κ1) is 8.05. The summed E-state index contributed by atoms with van der Waals surface area (Å²) in [5.41, 5.74) is 3.59. The lowest BCUT2D eigenvalue weighted by atomic mass is 9.96. The van der Waals surface area contributed by atoms with Gasteiger partial charge < -0.3 is 5.32 Å². The highest BCUT2D eigenvalue weighted by molar-refractivity contribution is 5.63. The molecule has 0 saturated carbocycles. The predicted molar refractivity (Wildman–Crippen MR) is 51.9 cm³/mol.